The molecule has 1 aromatic carbocycles. The number of nitrogens with one attached hydrogen (secondary N) is 1. The van der Waals surface area contributed by atoms with E-state index in [0.29, 0.717) is 37.0 Å². The first kappa shape index (κ1) is 20.9. The zero-order valence-electron chi connectivity index (χ0n) is 13.6. The van der Waals surface area contributed by atoms with E-state index in [2.05, 4.69) is 16.9 Å². The van der Waals surface area contributed by atoms with Gasteiger partial charge >= 0.3 is 0 Å². The van der Waals surface area contributed by atoms with Gasteiger partial charge in [-0.2, -0.15) is 4.31 Å². The highest BCUT2D eigenvalue weighted by Gasteiger charge is 2.25. The van der Waals surface area contributed by atoms with Crippen molar-refractivity contribution in [1.29, 1.82) is 0 Å². The van der Waals surface area contributed by atoms with Gasteiger partial charge in [-0.15, -0.1) is 30.6 Å². The molecule has 1 aliphatic rings. The third-order valence-electron chi connectivity index (χ3n) is 3.71. The Bertz CT molecular complexity index is 670. The Morgan fingerprint density at radius 2 is 2.04 bits per heavy atom. The lowest BCUT2D eigenvalue weighted by Gasteiger charge is -2.26. The van der Waals surface area contributed by atoms with Gasteiger partial charge in [-0.3, -0.25) is 0 Å². The molecule has 1 aromatic rings. The fraction of sp³-hybridized carbons (Fsp3) is 0.438. The molecular weight excluding hydrogens is 439 g/mol. The third-order valence-corrected chi connectivity index (χ3v) is 5.61. The Kier molecular flexibility index (Phi) is 8.71. The molecule has 0 radical (unpaired) electrons. The van der Waals surface area contributed by atoms with Gasteiger partial charge in [0.25, 0.3) is 0 Å². The molecule has 24 heavy (non-hydrogen) atoms. The number of guanidine groups is 1. The van der Waals surface area contributed by atoms with Crippen molar-refractivity contribution in [2.45, 2.75) is 30.7 Å². The summed E-state index contributed by atoms with van der Waals surface area (Å²) in [5, 5.41) is 2.88. The van der Waals surface area contributed by atoms with Gasteiger partial charge in [-0.05, 0) is 30.5 Å². The maximum absolute atomic E-state index is 12.7. The molecule has 1 saturated heterocycles. The molecule has 0 unspecified atom stereocenters. The van der Waals surface area contributed by atoms with Crippen LogP contribution >= 0.6 is 24.0 Å². The van der Waals surface area contributed by atoms with Gasteiger partial charge in [0, 0.05) is 19.6 Å². The largest absolute Gasteiger partial charge is 0.370 e. The summed E-state index contributed by atoms with van der Waals surface area (Å²) in [6.07, 6.45) is 4.63. The molecule has 0 amide bonds. The molecule has 0 saturated carbocycles. The topological polar surface area (TPSA) is 87.8 Å². The van der Waals surface area contributed by atoms with E-state index in [1.54, 1.807) is 28.6 Å². The quantitative estimate of drug-likeness (QED) is 0.292. The van der Waals surface area contributed by atoms with E-state index >= 15 is 0 Å². The molecule has 3 N–H and O–H groups in total. The summed E-state index contributed by atoms with van der Waals surface area (Å²) in [6.45, 7) is 5.66. The van der Waals surface area contributed by atoms with Gasteiger partial charge in [-0.1, -0.05) is 24.6 Å². The van der Waals surface area contributed by atoms with Gasteiger partial charge in [0.15, 0.2) is 5.96 Å². The highest BCUT2D eigenvalue weighted by Crippen LogP contribution is 2.21. The van der Waals surface area contributed by atoms with Crippen LogP contribution in [-0.2, 0) is 16.6 Å². The van der Waals surface area contributed by atoms with Crippen LogP contribution in [0.1, 0.15) is 24.8 Å². The zero-order valence-corrected chi connectivity index (χ0v) is 16.8. The maximum Gasteiger partial charge on any atom is 0.243 e. The first-order chi connectivity index (χ1) is 11.0. The second kappa shape index (κ2) is 10.00. The van der Waals surface area contributed by atoms with Crippen LogP contribution in [0.5, 0.6) is 0 Å². The van der Waals surface area contributed by atoms with Crippen LogP contribution in [0.2, 0.25) is 0 Å². The predicted molar refractivity (Wildman–Crippen MR) is 108 cm³/mol. The van der Waals surface area contributed by atoms with E-state index in [1.165, 1.54) is 0 Å². The van der Waals surface area contributed by atoms with Crippen LogP contribution in [0.15, 0.2) is 46.8 Å². The van der Waals surface area contributed by atoms with Crippen molar-refractivity contribution in [2.24, 2.45) is 10.7 Å². The van der Waals surface area contributed by atoms with E-state index in [9.17, 15) is 8.42 Å². The number of aliphatic imine (C=N–C) groups is 1. The van der Waals surface area contributed by atoms with Gasteiger partial charge in [0.2, 0.25) is 10.0 Å². The van der Waals surface area contributed by atoms with Crippen molar-refractivity contribution in [1.82, 2.24) is 9.62 Å². The number of rotatable bonds is 6. The van der Waals surface area contributed by atoms with Gasteiger partial charge in [-0.25, -0.2) is 13.4 Å². The van der Waals surface area contributed by atoms with Crippen LogP contribution in [0, 0.1) is 0 Å². The van der Waals surface area contributed by atoms with Crippen molar-refractivity contribution in [3.8, 4) is 0 Å². The van der Waals surface area contributed by atoms with Crippen molar-refractivity contribution in [2.75, 3.05) is 19.6 Å². The average Bonchev–Trinajstić information content (AvgIpc) is 2.59. The highest BCUT2D eigenvalue weighted by atomic mass is 127. The summed E-state index contributed by atoms with van der Waals surface area (Å²) in [4.78, 5) is 4.52. The monoisotopic (exact) mass is 464 g/mol. The predicted octanol–water partition coefficient (Wildman–Crippen LogP) is 2.07. The van der Waals surface area contributed by atoms with Crippen LogP contribution in [0.4, 0.5) is 0 Å². The number of piperidine rings is 1. The second-order valence-electron chi connectivity index (χ2n) is 5.48. The smallest absolute Gasteiger partial charge is 0.243 e. The van der Waals surface area contributed by atoms with Gasteiger partial charge in [0.05, 0.1) is 11.4 Å². The minimum atomic E-state index is -3.41. The molecule has 0 spiro atoms. The number of hydrogen-bond donors (Lipinski definition) is 2. The second-order valence-corrected chi connectivity index (χ2v) is 7.42. The fourth-order valence-electron chi connectivity index (χ4n) is 2.47. The molecule has 134 valence electrons. The standard InChI is InChI=1S/C16H24N4O2S.HI/c1-2-9-18-16(17)19-13-14-7-6-8-15(12-14)23(21,22)20-10-4-3-5-11-20;/h2,6-8,12H,1,3-5,9-11,13H2,(H3,17,18,19);1H. The lowest BCUT2D eigenvalue weighted by molar-refractivity contribution is 0.346. The molecule has 0 aromatic heterocycles. The average molecular weight is 464 g/mol. The van der Waals surface area contributed by atoms with E-state index in [-0.39, 0.29) is 24.0 Å². The van der Waals surface area contributed by atoms with Gasteiger partial charge in [0.1, 0.15) is 0 Å². The van der Waals surface area contributed by atoms with Crippen molar-refractivity contribution in [3.05, 3.63) is 42.5 Å². The van der Waals surface area contributed by atoms with E-state index in [1.807, 2.05) is 6.07 Å². The maximum atomic E-state index is 12.7. The van der Waals surface area contributed by atoms with Crippen LogP contribution in [0.25, 0.3) is 0 Å². The Labute approximate surface area is 161 Å². The summed E-state index contributed by atoms with van der Waals surface area (Å²) < 4.78 is 26.9. The summed E-state index contributed by atoms with van der Waals surface area (Å²) >= 11 is 0. The third kappa shape index (κ3) is 5.75. The molecule has 1 heterocycles. The minimum Gasteiger partial charge on any atom is -0.370 e. The van der Waals surface area contributed by atoms with Gasteiger partial charge < -0.3 is 11.1 Å². The normalized spacial score (nSPS) is 16.2. The number of hydrogen-bond acceptors (Lipinski definition) is 3. The lowest BCUT2D eigenvalue weighted by atomic mass is 10.2. The Balaban J connectivity index is 0.00000288. The summed E-state index contributed by atoms with van der Waals surface area (Å²) in [6, 6.07) is 6.90. The Morgan fingerprint density at radius 1 is 1.33 bits per heavy atom. The number of benzene rings is 1. The van der Waals surface area contributed by atoms with E-state index < -0.39 is 10.0 Å². The number of sulfonamides is 1. The van der Waals surface area contributed by atoms with E-state index in [0.717, 1.165) is 24.8 Å². The molecule has 0 bridgehead atoms. The number of halogens is 1. The number of nitrogens with two attached hydrogens (primary N) is 1. The lowest BCUT2D eigenvalue weighted by Crippen LogP contribution is -2.35. The Morgan fingerprint density at radius 3 is 2.71 bits per heavy atom. The van der Waals surface area contributed by atoms with Crippen molar-refractivity contribution in [3.63, 3.8) is 0 Å². The highest BCUT2D eigenvalue weighted by molar-refractivity contribution is 14.0. The first-order valence-corrected chi connectivity index (χ1v) is 9.22. The molecule has 2 rings (SSSR count). The molecule has 8 heteroatoms. The summed E-state index contributed by atoms with van der Waals surface area (Å²) in [7, 11) is -3.41. The van der Waals surface area contributed by atoms with E-state index in [4.69, 9.17) is 5.73 Å². The first-order valence-electron chi connectivity index (χ1n) is 7.78. The van der Waals surface area contributed by atoms with Crippen LogP contribution < -0.4 is 11.1 Å². The Hall–Kier alpha value is -1.13. The number of nitrogens with zero attached hydrogens (tertiary/aromatic N) is 2. The van der Waals surface area contributed by atoms with Crippen molar-refractivity contribution < 1.29 is 8.42 Å². The summed E-state index contributed by atoms with van der Waals surface area (Å²) in [5.74, 6) is 0.314. The molecule has 0 aliphatic carbocycles. The van der Waals surface area contributed by atoms with Crippen LogP contribution in [0.3, 0.4) is 0 Å². The molecule has 0 atom stereocenters. The molecule has 1 aliphatic heterocycles. The fourth-order valence-corrected chi connectivity index (χ4v) is 4.06. The molecule has 1 fully saturated rings. The zero-order chi connectivity index (χ0) is 16.7. The summed E-state index contributed by atoms with van der Waals surface area (Å²) in [5.41, 5.74) is 6.52. The van der Waals surface area contributed by atoms with Crippen molar-refractivity contribution >= 4 is 40.0 Å². The molecular formula is C16H25IN4O2S. The SMILES string of the molecule is C=CCNC(N)=NCc1cccc(S(=O)(=O)N2CCCCC2)c1.I. The minimum absolute atomic E-state index is 0. The molecule has 6 nitrogen and oxygen atoms in total. The van der Waals surface area contributed by atoms with Crippen LogP contribution in [-0.4, -0.2) is 38.3 Å².